The molecule has 0 saturated carbocycles. The number of aromatic hydroxyl groups is 1. The maximum Gasteiger partial charge on any atom is 0.208 e. The van der Waals surface area contributed by atoms with Crippen molar-refractivity contribution in [3.63, 3.8) is 0 Å². The molecule has 1 aromatic rings. The van der Waals surface area contributed by atoms with Gasteiger partial charge in [-0.2, -0.15) is 0 Å². The fraction of sp³-hybridized carbons (Fsp3) is 0.353. The molecule has 0 unspecified atom stereocenters. The first-order valence-electron chi connectivity index (χ1n) is 7.17. The summed E-state index contributed by atoms with van der Waals surface area (Å²) in [6.07, 6.45) is 7.67. The lowest BCUT2D eigenvalue weighted by Crippen LogP contribution is -2.21. The lowest BCUT2D eigenvalue weighted by molar-refractivity contribution is -0.533. The summed E-state index contributed by atoms with van der Waals surface area (Å²) in [6, 6.07) is 3.46. The molecule has 2 N–H and O–H groups in total. The third-order valence-electron chi connectivity index (χ3n) is 3.75. The zero-order valence-corrected chi connectivity index (χ0v) is 13.0. The van der Waals surface area contributed by atoms with E-state index in [9.17, 15) is 10.2 Å². The van der Waals surface area contributed by atoms with Gasteiger partial charge in [0.1, 0.15) is 6.54 Å². The third-order valence-corrected chi connectivity index (χ3v) is 3.75. The van der Waals surface area contributed by atoms with E-state index in [0.717, 1.165) is 24.9 Å². The second-order valence-corrected chi connectivity index (χ2v) is 5.17. The highest BCUT2D eigenvalue weighted by Crippen LogP contribution is 2.37. The van der Waals surface area contributed by atoms with Crippen molar-refractivity contribution in [3.8, 4) is 17.2 Å². The monoisotopic (exact) mass is 304 g/mol. The van der Waals surface area contributed by atoms with E-state index >= 15 is 0 Å². The number of benzene rings is 1. The Morgan fingerprint density at radius 1 is 1.32 bits per heavy atom. The van der Waals surface area contributed by atoms with E-state index < -0.39 is 0 Å². The van der Waals surface area contributed by atoms with Gasteiger partial charge in [-0.25, -0.2) is 4.58 Å². The third kappa shape index (κ3) is 3.42. The summed E-state index contributed by atoms with van der Waals surface area (Å²) in [5.41, 5.74) is 0.848. The summed E-state index contributed by atoms with van der Waals surface area (Å²) in [5, 5.41) is 19.4. The molecule has 1 aliphatic rings. The number of methoxy groups -OCH3 is 2. The zero-order valence-electron chi connectivity index (χ0n) is 13.0. The van der Waals surface area contributed by atoms with Crippen LogP contribution in [0.5, 0.6) is 17.2 Å². The van der Waals surface area contributed by atoms with Gasteiger partial charge in [0.15, 0.2) is 23.5 Å². The van der Waals surface area contributed by atoms with Crippen molar-refractivity contribution >= 4 is 12.3 Å². The normalized spacial score (nSPS) is 19.7. The summed E-state index contributed by atoms with van der Waals surface area (Å²) in [6.45, 7) is 4.52. The van der Waals surface area contributed by atoms with Gasteiger partial charge in [0.2, 0.25) is 11.8 Å². The minimum Gasteiger partial charge on any atom is -0.506 e. The maximum absolute atomic E-state index is 9.88. The molecule has 0 aromatic heterocycles. The Morgan fingerprint density at radius 2 is 1.95 bits per heavy atom. The van der Waals surface area contributed by atoms with Crippen LogP contribution in [-0.4, -0.2) is 47.8 Å². The predicted octanol–water partition coefficient (Wildman–Crippen LogP) is 2.74. The van der Waals surface area contributed by atoms with Gasteiger partial charge in [-0.15, -0.1) is 0 Å². The molecule has 2 rings (SSSR count). The number of phenolic OH excluding ortho intramolecular Hbond substituents is 1. The van der Waals surface area contributed by atoms with Crippen molar-refractivity contribution in [3.05, 3.63) is 36.1 Å². The molecule has 0 radical (unpaired) electrons. The van der Waals surface area contributed by atoms with Crippen LogP contribution in [0.4, 0.5) is 0 Å². The molecular weight excluding hydrogens is 282 g/mol. The van der Waals surface area contributed by atoms with Crippen molar-refractivity contribution in [2.45, 2.75) is 18.9 Å². The van der Waals surface area contributed by atoms with Gasteiger partial charge in [0.05, 0.1) is 14.2 Å². The van der Waals surface area contributed by atoms with Gasteiger partial charge >= 0.3 is 0 Å². The second kappa shape index (κ2) is 7.02. The molecule has 1 saturated heterocycles. The SMILES string of the molecule is C=C(O)[C@@H]1CCC[N+]1=C/C=C/c1cc(OC)c(O)c(OC)c1. The molecule has 0 bridgehead atoms. The fourth-order valence-electron chi connectivity index (χ4n) is 2.60. The van der Waals surface area contributed by atoms with E-state index in [1.54, 1.807) is 12.1 Å². The lowest BCUT2D eigenvalue weighted by atomic mass is 10.1. The first kappa shape index (κ1) is 15.9. The number of ether oxygens (including phenoxy) is 2. The quantitative estimate of drug-likeness (QED) is 0.648. The number of aliphatic hydroxyl groups excluding tert-OH is 1. The van der Waals surface area contributed by atoms with Crippen LogP contribution in [-0.2, 0) is 0 Å². The number of aliphatic hydroxyl groups is 1. The molecule has 5 heteroatoms. The lowest BCUT2D eigenvalue weighted by Gasteiger charge is -2.09. The average Bonchev–Trinajstić information content (AvgIpc) is 2.97. The molecule has 1 heterocycles. The Hall–Kier alpha value is -2.43. The Bertz CT molecular complexity index is 594. The predicted molar refractivity (Wildman–Crippen MR) is 86.2 cm³/mol. The molecule has 0 spiro atoms. The van der Waals surface area contributed by atoms with Gasteiger partial charge < -0.3 is 19.7 Å². The zero-order chi connectivity index (χ0) is 16.1. The molecule has 22 heavy (non-hydrogen) atoms. The van der Waals surface area contributed by atoms with Crippen LogP contribution in [0.15, 0.2) is 30.5 Å². The van der Waals surface area contributed by atoms with E-state index in [1.807, 2.05) is 18.4 Å². The number of allylic oxidation sites excluding steroid dienone is 1. The highest BCUT2D eigenvalue weighted by molar-refractivity contribution is 5.76. The topological polar surface area (TPSA) is 61.9 Å². The maximum atomic E-state index is 9.88. The number of rotatable bonds is 5. The summed E-state index contributed by atoms with van der Waals surface area (Å²) in [5.74, 6) is 0.918. The van der Waals surface area contributed by atoms with Crippen LogP contribution in [0.25, 0.3) is 6.08 Å². The van der Waals surface area contributed by atoms with Crippen LogP contribution in [0.3, 0.4) is 0 Å². The molecule has 1 aromatic carbocycles. The standard InChI is InChI=1S/C17H21NO4/c1-12(19)14-7-5-9-18(14)8-4-6-13-10-15(21-2)17(20)16(11-13)22-3/h4,6,8,10-11,14,19H,1,5,7,9H2,2-3H3/p+1/t14-/m0/s1. The van der Waals surface area contributed by atoms with E-state index in [1.165, 1.54) is 14.2 Å². The number of hydrogen-bond donors (Lipinski definition) is 2. The number of hydrogen-bond acceptors (Lipinski definition) is 4. The minimum absolute atomic E-state index is 0.00598. The Labute approximate surface area is 130 Å². The molecular formula is C17H22NO4+. The minimum atomic E-state index is -0.0117. The Balaban J connectivity index is 2.21. The molecule has 1 fully saturated rings. The van der Waals surface area contributed by atoms with Crippen LogP contribution < -0.4 is 9.47 Å². The van der Waals surface area contributed by atoms with Crippen LogP contribution in [0.1, 0.15) is 18.4 Å². The second-order valence-electron chi connectivity index (χ2n) is 5.17. The largest absolute Gasteiger partial charge is 0.506 e. The molecule has 118 valence electrons. The van der Waals surface area contributed by atoms with E-state index in [-0.39, 0.29) is 17.6 Å². The molecule has 5 nitrogen and oxygen atoms in total. The Kier molecular flexibility index (Phi) is 5.09. The van der Waals surface area contributed by atoms with Crippen molar-refractivity contribution in [1.29, 1.82) is 0 Å². The summed E-state index contributed by atoms with van der Waals surface area (Å²) in [4.78, 5) is 0. The van der Waals surface area contributed by atoms with Gasteiger partial charge in [0.25, 0.3) is 0 Å². The first-order chi connectivity index (χ1) is 10.6. The van der Waals surface area contributed by atoms with Gasteiger partial charge in [-0.3, -0.25) is 0 Å². The van der Waals surface area contributed by atoms with E-state index in [2.05, 4.69) is 11.2 Å². The van der Waals surface area contributed by atoms with Crippen molar-refractivity contribution in [2.75, 3.05) is 20.8 Å². The smallest absolute Gasteiger partial charge is 0.208 e. The van der Waals surface area contributed by atoms with Crippen LogP contribution >= 0.6 is 0 Å². The highest BCUT2D eigenvalue weighted by Gasteiger charge is 2.29. The fourth-order valence-corrected chi connectivity index (χ4v) is 2.60. The molecule has 1 atom stereocenters. The molecule has 0 aliphatic carbocycles. The van der Waals surface area contributed by atoms with Crippen molar-refractivity contribution in [2.24, 2.45) is 0 Å². The van der Waals surface area contributed by atoms with E-state index in [0.29, 0.717) is 11.5 Å². The van der Waals surface area contributed by atoms with E-state index in [4.69, 9.17) is 9.47 Å². The van der Waals surface area contributed by atoms with Crippen molar-refractivity contribution < 1.29 is 24.3 Å². The van der Waals surface area contributed by atoms with Gasteiger partial charge in [-0.05, 0) is 23.8 Å². The van der Waals surface area contributed by atoms with Crippen molar-refractivity contribution in [1.82, 2.24) is 0 Å². The number of nitrogens with zero attached hydrogens (tertiary/aromatic N) is 1. The van der Waals surface area contributed by atoms with Crippen LogP contribution in [0.2, 0.25) is 0 Å². The summed E-state index contributed by atoms with van der Waals surface area (Å²) in [7, 11) is 2.99. The molecule has 0 amide bonds. The molecule has 1 aliphatic heterocycles. The Morgan fingerprint density at radius 3 is 2.50 bits per heavy atom. The highest BCUT2D eigenvalue weighted by atomic mass is 16.5. The summed E-state index contributed by atoms with van der Waals surface area (Å²) >= 11 is 0. The average molecular weight is 304 g/mol. The van der Waals surface area contributed by atoms with Crippen LogP contribution in [0, 0.1) is 0 Å². The number of phenols is 1. The summed E-state index contributed by atoms with van der Waals surface area (Å²) < 4.78 is 12.3. The van der Waals surface area contributed by atoms with Gasteiger partial charge in [0, 0.05) is 18.9 Å². The van der Waals surface area contributed by atoms with Gasteiger partial charge in [-0.1, -0.05) is 6.58 Å². The first-order valence-corrected chi connectivity index (χ1v) is 7.17.